The van der Waals surface area contributed by atoms with Gasteiger partial charge in [0.2, 0.25) is 0 Å². The molecule has 28 rings (SSSR count). The molecule has 142 heavy (non-hydrogen) atoms. The molecule has 0 saturated carbocycles. The van der Waals surface area contributed by atoms with Crippen molar-refractivity contribution in [2.24, 2.45) is 0 Å². The SMILES string of the molecule is Fc1cc(-c2ccccc2)cc(-c2ccccc2)c1N(c1ccccc1)c1ccc2c(c1)oc1c2cc2ccc3c4oc5cc(N(c6ccccc6)c6c(F)cc(-c7ccccc7)cc6-c6ccccc6)ccc5c4cc4ccc1c2c43.Fc1ccc(N(c2ccc(F)cc2)c2ccc3c(c2)oc2c3cc3ccc4c5oc6cc(N(c7ccc(F)cc7)c7ccc(F)cc7)ccc6c5cc5ccc2c3c54)cc1. The number of rotatable bonds is 16. The zero-order valence-corrected chi connectivity index (χ0v) is 75.4. The Balaban J connectivity index is 0.000000149. The van der Waals surface area contributed by atoms with Crippen LogP contribution in [0.5, 0.6) is 0 Å². The highest BCUT2D eigenvalue weighted by molar-refractivity contribution is 6.37. The minimum Gasteiger partial charge on any atom is -0.455 e. The van der Waals surface area contributed by atoms with Crippen molar-refractivity contribution >= 4 is 221 Å². The first-order chi connectivity index (χ1) is 69.8. The quantitative estimate of drug-likeness (QED) is 0.0700. The van der Waals surface area contributed by atoms with E-state index in [0.29, 0.717) is 56.5 Å². The standard InChI is InChI=1S/C76H46F2N2O2.C52H28F4N2O2/c77-67-43-53(47-19-7-1-8-20-47)41-63(49-23-11-3-12-24-49)73(67)79(55-27-15-5-16-28-55)57-33-37-59-65-39-51-32-36-62-72-52(31-35-61(71(51)72)75(65)81-69(59)45-57)40-66-60-38-34-58(46-70(60)82-76(62)66)80(56-29-17-6-18-30-56)74-64(50-25-13-4-14-26-50)42-54(44-68(74)78)48-21-9-2-10-22-48;53-31-3-11-35(12-4-31)57(36-13-5-32(54)6-14-36)39-19-23-41-45-25-29-1-21-43-50-30(2-22-44(49(29)50)52(45)60-47(41)27-39)26-46-42-24-20-40(28-48(42)59-51(43)46)58(37-15-7-33(55)8-16-37)38-17-9-34(56)10-18-38/h1-46H;1-28H. The molecular formula is C128H74F6N4O4. The fourth-order valence-electron chi connectivity index (χ4n) is 21.5. The molecule has 24 aromatic carbocycles. The smallest absolute Gasteiger partial charge is 0.148 e. The second kappa shape index (κ2) is 33.1. The van der Waals surface area contributed by atoms with Crippen LogP contribution in [0.4, 0.5) is 94.6 Å². The number of halogens is 6. The summed E-state index contributed by atoms with van der Waals surface area (Å²) in [6.45, 7) is 0. The van der Waals surface area contributed by atoms with E-state index in [0.717, 1.165) is 209 Å². The Labute approximate surface area is 807 Å². The molecule has 8 nitrogen and oxygen atoms in total. The lowest BCUT2D eigenvalue weighted by Crippen LogP contribution is -2.13. The Morgan fingerprint density at radius 3 is 0.634 bits per heavy atom. The van der Waals surface area contributed by atoms with E-state index < -0.39 is 0 Å². The van der Waals surface area contributed by atoms with Gasteiger partial charge in [0.25, 0.3) is 0 Å². The van der Waals surface area contributed by atoms with Gasteiger partial charge in [0.05, 0.1) is 22.7 Å². The molecule has 14 heteroatoms. The topological polar surface area (TPSA) is 65.5 Å². The number of para-hydroxylation sites is 2. The van der Waals surface area contributed by atoms with Gasteiger partial charge in [0.1, 0.15) is 79.6 Å². The Bertz CT molecular complexity index is 9200. The Morgan fingerprint density at radius 2 is 0.373 bits per heavy atom. The summed E-state index contributed by atoms with van der Waals surface area (Å²) in [5.74, 6) is -2.08. The second-order valence-electron chi connectivity index (χ2n) is 36.1. The van der Waals surface area contributed by atoms with Crippen molar-refractivity contribution in [3.05, 3.63) is 484 Å². The Hall–Kier alpha value is -18.7. The van der Waals surface area contributed by atoms with Crippen LogP contribution in [0.25, 0.3) is 197 Å². The van der Waals surface area contributed by atoms with E-state index in [1.54, 1.807) is 60.7 Å². The van der Waals surface area contributed by atoms with E-state index in [1.165, 1.54) is 48.5 Å². The third-order valence-electron chi connectivity index (χ3n) is 27.8. The molecule has 0 unspecified atom stereocenters. The summed E-state index contributed by atoms with van der Waals surface area (Å²) in [5, 5.41) is 20.3. The van der Waals surface area contributed by atoms with Crippen LogP contribution in [0.15, 0.2) is 467 Å². The van der Waals surface area contributed by atoms with Gasteiger partial charge in [0.15, 0.2) is 0 Å². The van der Waals surface area contributed by atoms with Gasteiger partial charge in [0, 0.05) is 167 Å². The number of anilines is 12. The molecule has 0 saturated heterocycles. The van der Waals surface area contributed by atoms with Gasteiger partial charge >= 0.3 is 0 Å². The van der Waals surface area contributed by atoms with E-state index in [9.17, 15) is 17.6 Å². The lowest BCUT2D eigenvalue weighted by molar-refractivity contribution is 0.627. The molecule has 0 aliphatic heterocycles. The molecular weight excluding hydrogens is 1770 g/mol. The minimum atomic E-state index is -0.348. The monoisotopic (exact) mass is 1840 g/mol. The van der Waals surface area contributed by atoms with Crippen molar-refractivity contribution in [3.8, 4) is 44.5 Å². The van der Waals surface area contributed by atoms with Gasteiger partial charge in [-0.1, -0.05) is 182 Å². The highest BCUT2D eigenvalue weighted by Gasteiger charge is 2.31. The molecule has 0 atom stereocenters. The maximum Gasteiger partial charge on any atom is 0.148 e. The van der Waals surface area contributed by atoms with E-state index in [2.05, 4.69) is 109 Å². The van der Waals surface area contributed by atoms with Crippen molar-refractivity contribution in [2.75, 3.05) is 19.6 Å². The van der Waals surface area contributed by atoms with Gasteiger partial charge in [-0.2, -0.15) is 0 Å². The number of nitrogens with zero attached hydrogens (tertiary/aromatic N) is 4. The zero-order chi connectivity index (χ0) is 94.6. The van der Waals surface area contributed by atoms with Crippen LogP contribution >= 0.6 is 0 Å². The predicted molar refractivity (Wildman–Crippen MR) is 570 cm³/mol. The van der Waals surface area contributed by atoms with Gasteiger partial charge in [-0.25, -0.2) is 26.3 Å². The summed E-state index contributed by atoms with van der Waals surface area (Å²) in [7, 11) is 0. The summed E-state index contributed by atoms with van der Waals surface area (Å²) in [4.78, 5) is 7.89. The maximum absolute atomic E-state index is 17.4. The summed E-state index contributed by atoms with van der Waals surface area (Å²) in [6, 6.07) is 143. The third kappa shape index (κ3) is 13.8. The fourth-order valence-corrected chi connectivity index (χ4v) is 21.5. The van der Waals surface area contributed by atoms with Crippen molar-refractivity contribution in [2.45, 2.75) is 0 Å². The number of hydrogen-bond donors (Lipinski definition) is 0. The van der Waals surface area contributed by atoms with Gasteiger partial charge in [-0.15, -0.1) is 0 Å². The molecule has 0 aliphatic carbocycles. The molecule has 672 valence electrons. The van der Waals surface area contributed by atoms with Crippen LogP contribution in [0.2, 0.25) is 0 Å². The van der Waals surface area contributed by atoms with Crippen LogP contribution < -0.4 is 19.6 Å². The van der Waals surface area contributed by atoms with Crippen molar-refractivity contribution in [1.29, 1.82) is 0 Å². The maximum atomic E-state index is 17.4. The number of benzene rings is 24. The first kappa shape index (κ1) is 82.8. The second-order valence-corrected chi connectivity index (χ2v) is 36.1. The lowest BCUT2D eigenvalue weighted by atomic mass is 9.91. The van der Waals surface area contributed by atoms with Crippen LogP contribution in [-0.4, -0.2) is 0 Å². The Morgan fingerprint density at radius 1 is 0.155 bits per heavy atom. The molecule has 0 spiro atoms. The minimum absolute atomic E-state index is 0.344. The lowest BCUT2D eigenvalue weighted by Gasteiger charge is -2.28. The molecule has 4 heterocycles. The number of fused-ring (bicyclic) bond motifs is 16. The molecule has 0 fully saturated rings. The zero-order valence-electron chi connectivity index (χ0n) is 75.4. The van der Waals surface area contributed by atoms with Gasteiger partial charge in [-0.05, 0) is 298 Å². The van der Waals surface area contributed by atoms with Crippen molar-refractivity contribution in [3.63, 3.8) is 0 Å². The van der Waals surface area contributed by atoms with E-state index in [4.69, 9.17) is 17.7 Å². The fraction of sp³-hybridized carbons (Fsp3) is 0. The summed E-state index contributed by atoms with van der Waals surface area (Å²) >= 11 is 0. The average molecular weight is 1850 g/mol. The Kier molecular flexibility index (Phi) is 19.3. The first-order valence-electron chi connectivity index (χ1n) is 46.9. The van der Waals surface area contributed by atoms with E-state index >= 15 is 8.78 Å². The molecule has 0 N–H and O–H groups in total. The van der Waals surface area contributed by atoms with Crippen molar-refractivity contribution in [1.82, 2.24) is 0 Å². The molecule has 4 aromatic heterocycles. The highest BCUT2D eigenvalue weighted by Crippen LogP contribution is 2.54. The molecule has 0 amide bonds. The molecule has 0 radical (unpaired) electrons. The average Bonchev–Trinajstić information content (AvgIpc) is 1.54. The summed E-state index contributed by atoms with van der Waals surface area (Å²) in [5.41, 5.74) is 21.0. The molecule has 0 bridgehead atoms. The van der Waals surface area contributed by atoms with Crippen molar-refractivity contribution < 1.29 is 44.0 Å². The largest absolute Gasteiger partial charge is 0.455 e. The van der Waals surface area contributed by atoms with E-state index in [-0.39, 0.29) is 34.9 Å². The normalized spacial score (nSPS) is 11.9. The molecule has 0 aliphatic rings. The van der Waals surface area contributed by atoms with Gasteiger partial charge in [-0.3, -0.25) is 0 Å². The summed E-state index contributed by atoms with van der Waals surface area (Å²) < 4.78 is 118. The highest BCUT2D eigenvalue weighted by atomic mass is 19.1. The number of hydrogen-bond acceptors (Lipinski definition) is 8. The van der Waals surface area contributed by atoms with Crippen LogP contribution in [0.3, 0.4) is 0 Å². The molecule has 28 aromatic rings. The van der Waals surface area contributed by atoms with Crippen LogP contribution in [0.1, 0.15) is 0 Å². The van der Waals surface area contributed by atoms with Crippen LogP contribution in [-0.2, 0) is 0 Å². The van der Waals surface area contributed by atoms with Crippen LogP contribution in [0, 0.1) is 34.9 Å². The van der Waals surface area contributed by atoms with Gasteiger partial charge < -0.3 is 37.3 Å². The predicted octanol–water partition coefficient (Wildman–Crippen LogP) is 38.1. The first-order valence-corrected chi connectivity index (χ1v) is 46.9. The van der Waals surface area contributed by atoms with E-state index in [1.807, 2.05) is 250 Å². The third-order valence-corrected chi connectivity index (χ3v) is 27.8. The number of furan rings is 4. The summed E-state index contributed by atoms with van der Waals surface area (Å²) in [6.07, 6.45) is 0.